The average molecular weight is 173 g/mol. The summed E-state index contributed by atoms with van der Waals surface area (Å²) >= 11 is 0. The standard InChI is InChI=1S/C4H7N5O3/c5-3(12)1(10)2(11)4-6-8-9-7-4/h1-2,10-11H,(H2,5,12)(H,6,7,8,9)/t1-,2-/m1/s1. The molecule has 0 saturated carbocycles. The molecule has 0 spiro atoms. The van der Waals surface area contributed by atoms with Crippen LogP contribution in [0.15, 0.2) is 0 Å². The lowest BCUT2D eigenvalue weighted by Crippen LogP contribution is -2.34. The van der Waals surface area contributed by atoms with Gasteiger partial charge in [-0.15, -0.1) is 10.2 Å². The summed E-state index contributed by atoms with van der Waals surface area (Å²) in [5.41, 5.74) is 4.71. The highest BCUT2D eigenvalue weighted by Crippen LogP contribution is 2.09. The van der Waals surface area contributed by atoms with Gasteiger partial charge in [-0.05, 0) is 0 Å². The van der Waals surface area contributed by atoms with Crippen LogP contribution < -0.4 is 5.73 Å². The number of tetrazole rings is 1. The van der Waals surface area contributed by atoms with E-state index in [1.165, 1.54) is 0 Å². The lowest BCUT2D eigenvalue weighted by atomic mass is 10.2. The fourth-order valence-electron chi connectivity index (χ4n) is 0.592. The molecule has 8 nitrogen and oxygen atoms in total. The fraction of sp³-hybridized carbons (Fsp3) is 0.500. The maximum absolute atomic E-state index is 10.4. The van der Waals surface area contributed by atoms with Crippen molar-refractivity contribution in [2.45, 2.75) is 12.2 Å². The van der Waals surface area contributed by atoms with Gasteiger partial charge in [0.2, 0.25) is 11.7 Å². The van der Waals surface area contributed by atoms with E-state index in [0.29, 0.717) is 0 Å². The Balaban J connectivity index is 2.71. The van der Waals surface area contributed by atoms with Gasteiger partial charge in [-0.25, -0.2) is 0 Å². The molecule has 1 heterocycles. The van der Waals surface area contributed by atoms with Gasteiger partial charge in [0.15, 0.2) is 12.2 Å². The number of nitrogens with two attached hydrogens (primary N) is 1. The van der Waals surface area contributed by atoms with Crippen molar-refractivity contribution in [2.75, 3.05) is 0 Å². The number of hydrogen-bond acceptors (Lipinski definition) is 6. The molecule has 0 radical (unpaired) electrons. The summed E-state index contributed by atoms with van der Waals surface area (Å²) in [6.45, 7) is 0. The molecule has 0 aliphatic heterocycles. The van der Waals surface area contributed by atoms with Crippen LogP contribution >= 0.6 is 0 Å². The molecule has 0 unspecified atom stereocenters. The van der Waals surface area contributed by atoms with E-state index in [9.17, 15) is 4.79 Å². The summed E-state index contributed by atoms with van der Waals surface area (Å²) in [6, 6.07) is 0. The lowest BCUT2D eigenvalue weighted by molar-refractivity contribution is -0.132. The minimum Gasteiger partial charge on any atom is -0.382 e. The van der Waals surface area contributed by atoms with Gasteiger partial charge in [0.05, 0.1) is 0 Å². The number of H-pyrrole nitrogens is 1. The fourth-order valence-corrected chi connectivity index (χ4v) is 0.592. The number of primary amides is 1. The van der Waals surface area contributed by atoms with Crippen LogP contribution in [0, 0.1) is 0 Å². The van der Waals surface area contributed by atoms with Gasteiger partial charge in [0, 0.05) is 0 Å². The molecule has 0 aromatic carbocycles. The lowest BCUT2D eigenvalue weighted by Gasteiger charge is -2.09. The Labute approximate surface area is 66.4 Å². The second-order valence-electron chi connectivity index (χ2n) is 2.06. The molecule has 1 rings (SSSR count). The highest BCUT2D eigenvalue weighted by atomic mass is 16.3. The molecule has 0 fully saturated rings. The van der Waals surface area contributed by atoms with E-state index in [4.69, 9.17) is 15.9 Å². The number of nitrogens with zero attached hydrogens (tertiary/aromatic N) is 3. The van der Waals surface area contributed by atoms with E-state index >= 15 is 0 Å². The molecule has 0 aliphatic carbocycles. The van der Waals surface area contributed by atoms with Crippen LogP contribution in [0.5, 0.6) is 0 Å². The van der Waals surface area contributed by atoms with Crippen LogP contribution in [0.4, 0.5) is 0 Å². The van der Waals surface area contributed by atoms with Crippen LogP contribution in [0.2, 0.25) is 0 Å². The summed E-state index contributed by atoms with van der Waals surface area (Å²) in [7, 11) is 0. The Morgan fingerprint density at radius 3 is 2.67 bits per heavy atom. The van der Waals surface area contributed by atoms with Gasteiger partial charge >= 0.3 is 0 Å². The normalized spacial score (nSPS) is 15.5. The van der Waals surface area contributed by atoms with Crippen molar-refractivity contribution in [1.82, 2.24) is 20.6 Å². The summed E-state index contributed by atoms with van der Waals surface area (Å²) in [5, 5.41) is 29.9. The van der Waals surface area contributed by atoms with Gasteiger partial charge in [-0.1, -0.05) is 5.21 Å². The van der Waals surface area contributed by atoms with E-state index in [1.54, 1.807) is 0 Å². The zero-order valence-electron chi connectivity index (χ0n) is 5.88. The predicted octanol–water partition coefficient (Wildman–Crippen LogP) is -2.92. The van der Waals surface area contributed by atoms with Gasteiger partial charge in [-0.3, -0.25) is 4.79 Å². The summed E-state index contributed by atoms with van der Waals surface area (Å²) in [4.78, 5) is 10.4. The molecule has 2 atom stereocenters. The van der Waals surface area contributed by atoms with Crippen LogP contribution in [0.25, 0.3) is 0 Å². The molecule has 0 aliphatic rings. The first-order valence-electron chi connectivity index (χ1n) is 3.01. The second-order valence-corrected chi connectivity index (χ2v) is 2.06. The van der Waals surface area contributed by atoms with E-state index < -0.39 is 18.1 Å². The molecular weight excluding hydrogens is 166 g/mol. The van der Waals surface area contributed by atoms with Crippen molar-refractivity contribution in [3.63, 3.8) is 0 Å². The number of amides is 1. The van der Waals surface area contributed by atoms with Crippen molar-refractivity contribution in [1.29, 1.82) is 0 Å². The Kier molecular flexibility index (Phi) is 2.31. The topological polar surface area (TPSA) is 138 Å². The molecule has 1 aromatic heterocycles. The predicted molar refractivity (Wildman–Crippen MR) is 34.3 cm³/mol. The molecule has 1 aromatic rings. The smallest absolute Gasteiger partial charge is 0.249 e. The zero-order chi connectivity index (χ0) is 9.14. The number of aromatic nitrogens is 4. The molecular formula is C4H7N5O3. The molecule has 1 amide bonds. The van der Waals surface area contributed by atoms with E-state index in [1.807, 2.05) is 0 Å². The molecule has 66 valence electrons. The van der Waals surface area contributed by atoms with Crippen molar-refractivity contribution < 1.29 is 15.0 Å². The second kappa shape index (κ2) is 3.24. The highest BCUT2D eigenvalue weighted by molar-refractivity contribution is 5.79. The van der Waals surface area contributed by atoms with E-state index in [2.05, 4.69) is 20.6 Å². The SMILES string of the molecule is NC(=O)[C@H](O)[C@@H](O)c1nn[nH]n1. The first-order chi connectivity index (χ1) is 5.63. The van der Waals surface area contributed by atoms with Gasteiger partial charge in [-0.2, -0.15) is 5.21 Å². The molecule has 12 heavy (non-hydrogen) atoms. The van der Waals surface area contributed by atoms with Crippen molar-refractivity contribution in [3.8, 4) is 0 Å². The monoisotopic (exact) mass is 173 g/mol. The molecule has 0 saturated heterocycles. The quantitative estimate of drug-likeness (QED) is 0.386. The summed E-state index contributed by atoms with van der Waals surface area (Å²) in [5.74, 6) is -1.23. The van der Waals surface area contributed by atoms with Crippen LogP contribution in [0.1, 0.15) is 11.9 Å². The van der Waals surface area contributed by atoms with Crippen molar-refractivity contribution in [3.05, 3.63) is 5.82 Å². The largest absolute Gasteiger partial charge is 0.382 e. The van der Waals surface area contributed by atoms with Gasteiger partial charge < -0.3 is 15.9 Å². The summed E-state index contributed by atoms with van der Waals surface area (Å²) < 4.78 is 0. The molecule has 0 bridgehead atoms. The Hall–Kier alpha value is -1.54. The number of hydrogen-bond donors (Lipinski definition) is 4. The average Bonchev–Trinajstić information content (AvgIpc) is 2.53. The van der Waals surface area contributed by atoms with Crippen molar-refractivity contribution >= 4 is 5.91 Å². The number of rotatable bonds is 3. The summed E-state index contributed by atoms with van der Waals surface area (Å²) in [6.07, 6.45) is -3.26. The van der Waals surface area contributed by atoms with E-state index in [-0.39, 0.29) is 5.82 Å². The van der Waals surface area contributed by atoms with Crippen LogP contribution in [-0.2, 0) is 4.79 Å². The molecule has 5 N–H and O–H groups in total. The number of aliphatic hydroxyl groups is 2. The Morgan fingerprint density at radius 2 is 2.25 bits per heavy atom. The Bertz CT molecular complexity index is 260. The third kappa shape index (κ3) is 1.54. The number of aromatic amines is 1. The number of carbonyl (C=O) groups is 1. The third-order valence-corrected chi connectivity index (χ3v) is 1.22. The van der Waals surface area contributed by atoms with Gasteiger partial charge in [0.1, 0.15) is 0 Å². The minimum absolute atomic E-state index is 0.179. The molecule has 8 heteroatoms. The maximum atomic E-state index is 10.4. The number of aliphatic hydroxyl groups excluding tert-OH is 2. The van der Waals surface area contributed by atoms with Crippen LogP contribution in [0.3, 0.4) is 0 Å². The zero-order valence-corrected chi connectivity index (χ0v) is 5.88. The maximum Gasteiger partial charge on any atom is 0.249 e. The Morgan fingerprint density at radius 1 is 1.58 bits per heavy atom. The van der Waals surface area contributed by atoms with Gasteiger partial charge in [0.25, 0.3) is 0 Å². The number of nitrogens with one attached hydrogen (secondary N) is 1. The minimum atomic E-state index is -1.72. The third-order valence-electron chi connectivity index (χ3n) is 1.22. The highest BCUT2D eigenvalue weighted by Gasteiger charge is 2.26. The first-order valence-corrected chi connectivity index (χ1v) is 3.01. The van der Waals surface area contributed by atoms with Crippen molar-refractivity contribution in [2.24, 2.45) is 5.73 Å². The van der Waals surface area contributed by atoms with Crippen LogP contribution in [-0.4, -0.2) is 42.8 Å². The number of carbonyl (C=O) groups excluding carboxylic acids is 1. The first kappa shape index (κ1) is 8.56. The van der Waals surface area contributed by atoms with E-state index in [0.717, 1.165) is 0 Å².